The molecule has 0 N–H and O–H groups in total. The van der Waals surface area contributed by atoms with Gasteiger partial charge in [-0.2, -0.15) is 0 Å². The Labute approximate surface area is 117 Å². The maximum atomic E-state index is 5.33. The standard InChI is InChI=1S/C16H26OS/c1-10(2)13-8-14(11(3)4)16(18-17-7)15(9-13)12(5)6/h8-12H,1-7H3. The quantitative estimate of drug-likeness (QED) is 0.631. The Morgan fingerprint density at radius 2 is 1.28 bits per heavy atom. The molecule has 0 fully saturated rings. The van der Waals surface area contributed by atoms with Crippen molar-refractivity contribution < 1.29 is 4.18 Å². The van der Waals surface area contributed by atoms with Crippen LogP contribution in [0, 0.1) is 0 Å². The van der Waals surface area contributed by atoms with Crippen LogP contribution in [0.4, 0.5) is 0 Å². The van der Waals surface area contributed by atoms with Crippen molar-refractivity contribution in [1.82, 2.24) is 0 Å². The zero-order valence-electron chi connectivity index (χ0n) is 12.7. The fourth-order valence-electron chi connectivity index (χ4n) is 2.07. The van der Waals surface area contributed by atoms with Gasteiger partial charge in [0.15, 0.2) is 0 Å². The Hall–Kier alpha value is -0.470. The molecule has 1 rings (SSSR count). The predicted molar refractivity (Wildman–Crippen MR) is 81.6 cm³/mol. The van der Waals surface area contributed by atoms with Crippen molar-refractivity contribution in [2.75, 3.05) is 7.11 Å². The molecule has 0 aliphatic rings. The van der Waals surface area contributed by atoms with Crippen molar-refractivity contribution in [3.63, 3.8) is 0 Å². The fraction of sp³-hybridized carbons (Fsp3) is 0.625. The van der Waals surface area contributed by atoms with E-state index in [1.54, 1.807) is 7.11 Å². The Kier molecular flexibility index (Phi) is 5.74. The third kappa shape index (κ3) is 3.52. The second-order valence-corrected chi connectivity index (χ2v) is 6.65. The molecule has 0 aliphatic carbocycles. The number of benzene rings is 1. The Morgan fingerprint density at radius 1 is 0.833 bits per heavy atom. The van der Waals surface area contributed by atoms with Crippen LogP contribution in [-0.4, -0.2) is 7.11 Å². The summed E-state index contributed by atoms with van der Waals surface area (Å²) in [5.74, 6) is 1.62. The van der Waals surface area contributed by atoms with Crippen LogP contribution in [0.1, 0.15) is 76.0 Å². The summed E-state index contributed by atoms with van der Waals surface area (Å²) in [5, 5.41) is 0. The maximum absolute atomic E-state index is 5.33. The van der Waals surface area contributed by atoms with Gasteiger partial charge in [0.2, 0.25) is 0 Å². The van der Waals surface area contributed by atoms with Crippen LogP contribution in [0.3, 0.4) is 0 Å². The van der Waals surface area contributed by atoms with E-state index in [9.17, 15) is 0 Å². The molecule has 1 nitrogen and oxygen atoms in total. The first-order chi connectivity index (χ1) is 8.38. The molecule has 2 heteroatoms. The first kappa shape index (κ1) is 15.6. The van der Waals surface area contributed by atoms with Gasteiger partial charge in [-0.1, -0.05) is 53.7 Å². The molecule has 1 aromatic rings. The van der Waals surface area contributed by atoms with E-state index in [0.29, 0.717) is 17.8 Å². The van der Waals surface area contributed by atoms with Gasteiger partial charge in [-0.05, 0) is 34.4 Å². The van der Waals surface area contributed by atoms with E-state index in [4.69, 9.17) is 4.18 Å². The fourth-order valence-corrected chi connectivity index (χ4v) is 3.02. The summed E-state index contributed by atoms with van der Waals surface area (Å²) in [7, 11) is 1.75. The SMILES string of the molecule is COSc1c(C(C)C)cc(C(C)C)cc1C(C)C. The van der Waals surface area contributed by atoms with Crippen molar-refractivity contribution in [2.45, 2.75) is 64.2 Å². The number of rotatable bonds is 5. The van der Waals surface area contributed by atoms with E-state index in [0.717, 1.165) is 0 Å². The van der Waals surface area contributed by atoms with Gasteiger partial charge in [-0.15, -0.1) is 0 Å². The Balaban J connectivity index is 3.44. The Bertz CT molecular complexity index is 365. The van der Waals surface area contributed by atoms with Gasteiger partial charge in [0.25, 0.3) is 0 Å². The summed E-state index contributed by atoms with van der Waals surface area (Å²) in [6.45, 7) is 13.5. The highest BCUT2D eigenvalue weighted by atomic mass is 32.2. The van der Waals surface area contributed by atoms with Crippen LogP contribution in [-0.2, 0) is 4.18 Å². The lowest BCUT2D eigenvalue weighted by molar-refractivity contribution is 0.488. The van der Waals surface area contributed by atoms with E-state index in [1.807, 2.05) is 0 Å². The minimum atomic E-state index is 0.527. The number of hydrogen-bond donors (Lipinski definition) is 0. The van der Waals surface area contributed by atoms with Gasteiger partial charge in [0.1, 0.15) is 0 Å². The van der Waals surface area contributed by atoms with E-state index in [-0.39, 0.29) is 0 Å². The first-order valence-electron chi connectivity index (χ1n) is 6.76. The summed E-state index contributed by atoms with van der Waals surface area (Å²) in [5.41, 5.74) is 4.26. The summed E-state index contributed by atoms with van der Waals surface area (Å²) >= 11 is 1.51. The van der Waals surface area contributed by atoms with Crippen molar-refractivity contribution in [1.29, 1.82) is 0 Å². The molecule has 18 heavy (non-hydrogen) atoms. The van der Waals surface area contributed by atoms with E-state index < -0.39 is 0 Å². The minimum absolute atomic E-state index is 0.527. The third-order valence-electron chi connectivity index (χ3n) is 3.25. The number of hydrogen-bond acceptors (Lipinski definition) is 2. The lowest BCUT2D eigenvalue weighted by Crippen LogP contribution is -2.02. The van der Waals surface area contributed by atoms with Gasteiger partial charge in [0.05, 0.1) is 7.11 Å². The molecule has 0 saturated carbocycles. The molecule has 0 bridgehead atoms. The highest BCUT2D eigenvalue weighted by molar-refractivity contribution is 7.94. The molecule has 0 saturated heterocycles. The van der Waals surface area contributed by atoms with Crippen molar-refractivity contribution in [2.24, 2.45) is 0 Å². The van der Waals surface area contributed by atoms with E-state index in [1.165, 1.54) is 33.6 Å². The molecule has 0 aliphatic heterocycles. The zero-order valence-corrected chi connectivity index (χ0v) is 13.5. The summed E-state index contributed by atoms with van der Waals surface area (Å²) < 4.78 is 5.33. The topological polar surface area (TPSA) is 9.23 Å². The largest absolute Gasteiger partial charge is 0.314 e. The smallest absolute Gasteiger partial charge is 0.0508 e. The van der Waals surface area contributed by atoms with Gasteiger partial charge in [0, 0.05) is 16.9 Å². The van der Waals surface area contributed by atoms with Crippen molar-refractivity contribution in [3.8, 4) is 0 Å². The van der Waals surface area contributed by atoms with Crippen LogP contribution in [0.2, 0.25) is 0 Å². The highest BCUT2D eigenvalue weighted by Crippen LogP contribution is 2.38. The van der Waals surface area contributed by atoms with E-state index in [2.05, 4.69) is 53.7 Å². The molecular weight excluding hydrogens is 240 g/mol. The summed E-state index contributed by atoms with van der Waals surface area (Å²) in [4.78, 5) is 1.31. The molecule has 0 heterocycles. The molecule has 1 aromatic carbocycles. The van der Waals surface area contributed by atoms with Crippen LogP contribution in [0.15, 0.2) is 17.0 Å². The average Bonchev–Trinajstić information content (AvgIpc) is 2.28. The molecule has 0 aromatic heterocycles. The second kappa shape index (κ2) is 6.63. The van der Waals surface area contributed by atoms with Crippen LogP contribution in [0.5, 0.6) is 0 Å². The van der Waals surface area contributed by atoms with Gasteiger partial charge < -0.3 is 4.18 Å². The maximum Gasteiger partial charge on any atom is 0.0508 e. The normalized spacial score (nSPS) is 11.9. The molecule has 102 valence electrons. The molecule has 0 atom stereocenters. The zero-order chi connectivity index (χ0) is 13.9. The van der Waals surface area contributed by atoms with E-state index >= 15 is 0 Å². The van der Waals surface area contributed by atoms with Crippen LogP contribution >= 0.6 is 12.0 Å². The first-order valence-corrected chi connectivity index (χ1v) is 7.51. The highest BCUT2D eigenvalue weighted by Gasteiger charge is 2.17. The summed E-state index contributed by atoms with van der Waals surface area (Å²) in [6, 6.07) is 4.70. The summed E-state index contributed by atoms with van der Waals surface area (Å²) in [6.07, 6.45) is 0. The molecule has 0 spiro atoms. The molecule has 0 unspecified atom stereocenters. The third-order valence-corrected chi connectivity index (χ3v) is 4.05. The Morgan fingerprint density at radius 3 is 1.56 bits per heavy atom. The lowest BCUT2D eigenvalue weighted by atomic mass is 9.89. The van der Waals surface area contributed by atoms with Gasteiger partial charge in [-0.25, -0.2) is 0 Å². The molecule has 0 radical (unpaired) electrons. The average molecular weight is 266 g/mol. The minimum Gasteiger partial charge on any atom is -0.314 e. The van der Waals surface area contributed by atoms with Crippen molar-refractivity contribution in [3.05, 3.63) is 28.8 Å². The van der Waals surface area contributed by atoms with Crippen LogP contribution in [0.25, 0.3) is 0 Å². The van der Waals surface area contributed by atoms with Gasteiger partial charge in [-0.3, -0.25) is 0 Å². The van der Waals surface area contributed by atoms with Crippen molar-refractivity contribution >= 4 is 12.0 Å². The molecule has 0 amide bonds. The second-order valence-electron chi connectivity index (χ2n) is 5.74. The predicted octanol–water partition coefficient (Wildman–Crippen LogP) is 5.71. The lowest BCUT2D eigenvalue weighted by Gasteiger charge is -2.21. The monoisotopic (exact) mass is 266 g/mol. The van der Waals surface area contributed by atoms with Gasteiger partial charge >= 0.3 is 0 Å². The molecular formula is C16H26OS. The van der Waals surface area contributed by atoms with Crippen LogP contribution < -0.4 is 0 Å².